The molecule has 3 heteroatoms. The van der Waals surface area contributed by atoms with Gasteiger partial charge in [-0.25, -0.2) is 0 Å². The maximum Gasteiger partial charge on any atom is 0.0217 e. The van der Waals surface area contributed by atoms with E-state index in [1.165, 1.54) is 71.1 Å². The fraction of sp³-hybridized carbons (Fsp3) is 1.00. The smallest absolute Gasteiger partial charge is 0.0217 e. The molecule has 1 N–H and O–H groups in total. The van der Waals surface area contributed by atoms with Crippen molar-refractivity contribution >= 4 is 0 Å². The van der Waals surface area contributed by atoms with Gasteiger partial charge in [0.15, 0.2) is 0 Å². The van der Waals surface area contributed by atoms with Crippen LogP contribution >= 0.6 is 0 Å². The Morgan fingerprint density at radius 1 is 1.15 bits per heavy atom. The molecule has 2 fully saturated rings. The number of hydrogen-bond acceptors (Lipinski definition) is 3. The summed E-state index contributed by atoms with van der Waals surface area (Å²) in [4.78, 5) is 5.12. The molecule has 0 radical (unpaired) electrons. The van der Waals surface area contributed by atoms with Gasteiger partial charge in [-0.05, 0) is 78.2 Å². The summed E-state index contributed by atoms with van der Waals surface area (Å²) in [6.45, 7) is 7.40. The zero-order valence-corrected chi connectivity index (χ0v) is 13.9. The van der Waals surface area contributed by atoms with Crippen LogP contribution in [0.25, 0.3) is 0 Å². The van der Waals surface area contributed by atoms with Crippen LogP contribution in [0.1, 0.15) is 51.9 Å². The van der Waals surface area contributed by atoms with Crippen LogP contribution < -0.4 is 5.32 Å². The van der Waals surface area contributed by atoms with Gasteiger partial charge in [-0.3, -0.25) is 0 Å². The third-order valence-electron chi connectivity index (χ3n) is 5.34. The summed E-state index contributed by atoms with van der Waals surface area (Å²) in [6, 6.07) is 1.59. The van der Waals surface area contributed by atoms with Crippen molar-refractivity contribution in [3.63, 3.8) is 0 Å². The highest BCUT2D eigenvalue weighted by atomic mass is 15.2. The number of likely N-dealkylation sites (N-methyl/N-ethyl adjacent to an activating group) is 1. The van der Waals surface area contributed by atoms with Crippen molar-refractivity contribution in [1.82, 2.24) is 15.1 Å². The van der Waals surface area contributed by atoms with E-state index in [0.29, 0.717) is 0 Å². The number of rotatable bonds is 7. The van der Waals surface area contributed by atoms with Crippen molar-refractivity contribution in [2.24, 2.45) is 5.92 Å². The van der Waals surface area contributed by atoms with E-state index in [2.05, 4.69) is 36.1 Å². The minimum Gasteiger partial charge on any atom is -0.314 e. The van der Waals surface area contributed by atoms with Gasteiger partial charge >= 0.3 is 0 Å². The molecule has 2 aliphatic rings. The third-order valence-corrected chi connectivity index (χ3v) is 5.34. The Balaban J connectivity index is 1.71. The van der Waals surface area contributed by atoms with Crippen molar-refractivity contribution in [2.75, 3.05) is 40.3 Å². The van der Waals surface area contributed by atoms with Crippen LogP contribution in [0, 0.1) is 5.92 Å². The first kappa shape index (κ1) is 16.3. The summed E-state index contributed by atoms with van der Waals surface area (Å²) in [5, 5.41) is 3.77. The van der Waals surface area contributed by atoms with Gasteiger partial charge in [0.1, 0.15) is 0 Å². The summed E-state index contributed by atoms with van der Waals surface area (Å²) in [7, 11) is 4.46. The maximum absolute atomic E-state index is 3.77. The Morgan fingerprint density at radius 2 is 2.00 bits per heavy atom. The quantitative estimate of drug-likeness (QED) is 0.774. The van der Waals surface area contributed by atoms with E-state index in [4.69, 9.17) is 0 Å². The average molecular weight is 281 g/mol. The van der Waals surface area contributed by atoms with Gasteiger partial charge in [-0.2, -0.15) is 0 Å². The van der Waals surface area contributed by atoms with Crippen molar-refractivity contribution in [3.05, 3.63) is 0 Å². The Kier molecular flexibility index (Phi) is 6.79. The second-order valence-corrected chi connectivity index (χ2v) is 7.10. The van der Waals surface area contributed by atoms with E-state index < -0.39 is 0 Å². The highest BCUT2D eigenvalue weighted by Crippen LogP contribution is 2.29. The van der Waals surface area contributed by atoms with Crippen molar-refractivity contribution in [1.29, 1.82) is 0 Å². The van der Waals surface area contributed by atoms with Crippen molar-refractivity contribution in [3.8, 4) is 0 Å². The van der Waals surface area contributed by atoms with Crippen LogP contribution in [0.3, 0.4) is 0 Å². The van der Waals surface area contributed by atoms with Crippen molar-refractivity contribution < 1.29 is 0 Å². The Labute approximate surface area is 126 Å². The largest absolute Gasteiger partial charge is 0.314 e. The molecule has 0 amide bonds. The lowest BCUT2D eigenvalue weighted by Gasteiger charge is -2.36. The molecule has 1 aliphatic carbocycles. The standard InChI is InChI=1S/C17H35N3/c1-4-11-18-17-9-5-7-15(17)10-13-20-12-6-8-16(14-20)19(2)3/h15-18H,4-14H2,1-3H3. The molecule has 3 atom stereocenters. The highest BCUT2D eigenvalue weighted by Gasteiger charge is 2.28. The van der Waals surface area contributed by atoms with Gasteiger partial charge in [0.2, 0.25) is 0 Å². The SMILES string of the molecule is CCCNC1CCCC1CCN1CCCC(N(C)C)C1. The molecule has 1 saturated carbocycles. The molecule has 3 nitrogen and oxygen atoms in total. The van der Waals surface area contributed by atoms with Gasteiger partial charge in [0.25, 0.3) is 0 Å². The molecular formula is C17H35N3. The number of nitrogens with zero attached hydrogens (tertiary/aromatic N) is 2. The molecule has 0 aromatic heterocycles. The zero-order valence-electron chi connectivity index (χ0n) is 13.9. The Morgan fingerprint density at radius 3 is 2.75 bits per heavy atom. The second kappa shape index (κ2) is 8.35. The Bertz CT molecular complexity index is 267. The first-order valence-electron chi connectivity index (χ1n) is 8.83. The van der Waals surface area contributed by atoms with Crippen LogP contribution in [0.4, 0.5) is 0 Å². The van der Waals surface area contributed by atoms with Crippen LogP contribution in [-0.4, -0.2) is 62.2 Å². The number of piperidine rings is 1. The summed E-state index contributed by atoms with van der Waals surface area (Å²) < 4.78 is 0. The first-order chi connectivity index (χ1) is 9.70. The molecule has 2 rings (SSSR count). The molecular weight excluding hydrogens is 246 g/mol. The lowest BCUT2D eigenvalue weighted by Crippen LogP contribution is -2.46. The average Bonchev–Trinajstić information content (AvgIpc) is 2.90. The van der Waals surface area contributed by atoms with Gasteiger partial charge in [0, 0.05) is 18.6 Å². The molecule has 1 saturated heterocycles. The van der Waals surface area contributed by atoms with E-state index in [9.17, 15) is 0 Å². The van der Waals surface area contributed by atoms with Crippen molar-refractivity contribution in [2.45, 2.75) is 64.0 Å². The molecule has 20 heavy (non-hydrogen) atoms. The van der Waals surface area contributed by atoms with Gasteiger partial charge in [-0.1, -0.05) is 13.3 Å². The number of nitrogens with one attached hydrogen (secondary N) is 1. The molecule has 0 spiro atoms. The molecule has 1 aliphatic heterocycles. The van der Waals surface area contributed by atoms with Crippen LogP contribution in [0.5, 0.6) is 0 Å². The third kappa shape index (κ3) is 4.71. The summed E-state index contributed by atoms with van der Waals surface area (Å²) in [5.41, 5.74) is 0. The van der Waals surface area contributed by atoms with Crippen LogP contribution in [0.15, 0.2) is 0 Å². The van der Waals surface area contributed by atoms with E-state index in [1.54, 1.807) is 0 Å². The normalized spacial score (nSPS) is 32.1. The topological polar surface area (TPSA) is 18.5 Å². The minimum absolute atomic E-state index is 0.779. The fourth-order valence-corrected chi connectivity index (χ4v) is 3.98. The number of likely N-dealkylation sites (tertiary alicyclic amines) is 1. The van der Waals surface area contributed by atoms with E-state index in [0.717, 1.165) is 18.0 Å². The predicted octanol–water partition coefficient (Wildman–Crippen LogP) is 2.57. The van der Waals surface area contributed by atoms with Gasteiger partial charge in [-0.15, -0.1) is 0 Å². The summed E-state index contributed by atoms with van der Waals surface area (Å²) in [5.74, 6) is 0.932. The minimum atomic E-state index is 0.779. The lowest BCUT2D eigenvalue weighted by atomic mass is 9.97. The fourth-order valence-electron chi connectivity index (χ4n) is 3.98. The van der Waals surface area contributed by atoms with E-state index >= 15 is 0 Å². The van der Waals surface area contributed by atoms with Crippen LogP contribution in [-0.2, 0) is 0 Å². The molecule has 0 aromatic rings. The second-order valence-electron chi connectivity index (χ2n) is 7.10. The van der Waals surface area contributed by atoms with Gasteiger partial charge in [0.05, 0.1) is 0 Å². The van der Waals surface area contributed by atoms with Gasteiger partial charge < -0.3 is 15.1 Å². The van der Waals surface area contributed by atoms with E-state index in [-0.39, 0.29) is 0 Å². The molecule has 0 aromatic carbocycles. The maximum atomic E-state index is 3.77. The van der Waals surface area contributed by atoms with E-state index in [1.807, 2.05) is 0 Å². The predicted molar refractivity (Wildman–Crippen MR) is 87.2 cm³/mol. The monoisotopic (exact) mass is 281 g/mol. The lowest BCUT2D eigenvalue weighted by molar-refractivity contribution is 0.126. The molecule has 1 heterocycles. The summed E-state index contributed by atoms with van der Waals surface area (Å²) in [6.07, 6.45) is 9.73. The first-order valence-corrected chi connectivity index (χ1v) is 8.83. The zero-order chi connectivity index (χ0) is 14.4. The van der Waals surface area contributed by atoms with Crippen LogP contribution in [0.2, 0.25) is 0 Å². The molecule has 3 unspecified atom stereocenters. The number of hydrogen-bond donors (Lipinski definition) is 1. The molecule has 118 valence electrons. The Hall–Kier alpha value is -0.120. The molecule has 0 bridgehead atoms. The highest BCUT2D eigenvalue weighted by molar-refractivity contribution is 4.85. The summed E-state index contributed by atoms with van der Waals surface area (Å²) >= 11 is 0.